The fourth-order valence-corrected chi connectivity index (χ4v) is 3.89. The van der Waals surface area contributed by atoms with Crippen molar-refractivity contribution in [3.63, 3.8) is 0 Å². The maximum Gasteiger partial charge on any atom is 0.269 e. The first kappa shape index (κ1) is 19.3. The quantitative estimate of drug-likeness (QED) is 0.425. The van der Waals surface area contributed by atoms with E-state index in [1.165, 1.54) is 0 Å². The monoisotopic (exact) mass is 423 g/mol. The maximum atomic E-state index is 12.3. The van der Waals surface area contributed by atoms with E-state index in [0.717, 1.165) is 34.7 Å². The third-order valence-electron chi connectivity index (χ3n) is 4.32. The van der Waals surface area contributed by atoms with Gasteiger partial charge in [-0.2, -0.15) is 5.10 Å². The van der Waals surface area contributed by atoms with Crippen molar-refractivity contribution < 1.29 is 4.79 Å². The Morgan fingerprint density at radius 3 is 2.79 bits per heavy atom. The molecule has 3 heterocycles. The molecule has 2 N–H and O–H groups in total. The van der Waals surface area contributed by atoms with Crippen molar-refractivity contribution >= 4 is 28.8 Å². The van der Waals surface area contributed by atoms with E-state index in [1.807, 2.05) is 35.7 Å². The normalized spacial score (nSPS) is 10.8. The molecule has 3 aromatic heterocycles. The first-order chi connectivity index (χ1) is 14.2. The molecule has 0 radical (unpaired) electrons. The zero-order chi connectivity index (χ0) is 20.1. The SMILES string of the molecule is O=C(NCCCc1nc(-c2ccncc2)cs1)c1cc(-c2cccc(Cl)c2)n[nH]1. The Hall–Kier alpha value is -3.03. The Labute approximate surface area is 177 Å². The van der Waals surface area contributed by atoms with Crippen LogP contribution in [0.5, 0.6) is 0 Å². The number of nitrogens with one attached hydrogen (secondary N) is 2. The van der Waals surface area contributed by atoms with Crippen molar-refractivity contribution in [1.29, 1.82) is 0 Å². The molecule has 29 heavy (non-hydrogen) atoms. The van der Waals surface area contributed by atoms with Crippen LogP contribution in [0.25, 0.3) is 22.5 Å². The summed E-state index contributed by atoms with van der Waals surface area (Å²) in [6.45, 7) is 0.564. The van der Waals surface area contributed by atoms with Gasteiger partial charge in [-0.3, -0.25) is 14.9 Å². The zero-order valence-electron chi connectivity index (χ0n) is 15.4. The highest BCUT2D eigenvalue weighted by molar-refractivity contribution is 7.09. The molecule has 0 aliphatic rings. The lowest BCUT2D eigenvalue weighted by Crippen LogP contribution is -2.25. The molecule has 6 nitrogen and oxygen atoms in total. The molecule has 8 heteroatoms. The van der Waals surface area contributed by atoms with Crippen LogP contribution < -0.4 is 5.32 Å². The van der Waals surface area contributed by atoms with Gasteiger partial charge in [-0.1, -0.05) is 23.7 Å². The van der Waals surface area contributed by atoms with E-state index >= 15 is 0 Å². The minimum atomic E-state index is -0.178. The van der Waals surface area contributed by atoms with Crippen molar-refractivity contribution in [1.82, 2.24) is 25.5 Å². The van der Waals surface area contributed by atoms with Crippen molar-refractivity contribution in [2.24, 2.45) is 0 Å². The molecule has 0 fully saturated rings. The summed E-state index contributed by atoms with van der Waals surface area (Å²) < 4.78 is 0. The van der Waals surface area contributed by atoms with E-state index in [2.05, 4.69) is 25.5 Å². The fourth-order valence-electron chi connectivity index (χ4n) is 2.85. The molecule has 1 amide bonds. The molecule has 4 aromatic rings. The Bertz CT molecular complexity index is 1110. The van der Waals surface area contributed by atoms with Gasteiger partial charge in [0.1, 0.15) is 5.69 Å². The van der Waals surface area contributed by atoms with Gasteiger partial charge < -0.3 is 5.32 Å². The van der Waals surface area contributed by atoms with Crippen molar-refractivity contribution in [2.45, 2.75) is 12.8 Å². The highest BCUT2D eigenvalue weighted by Crippen LogP contribution is 2.22. The lowest BCUT2D eigenvalue weighted by molar-refractivity contribution is 0.0948. The molecule has 0 atom stereocenters. The van der Waals surface area contributed by atoms with E-state index in [4.69, 9.17) is 11.6 Å². The van der Waals surface area contributed by atoms with Gasteiger partial charge in [0.05, 0.1) is 16.4 Å². The molecule has 0 aliphatic carbocycles. The van der Waals surface area contributed by atoms with Crippen LogP contribution in [0.2, 0.25) is 5.02 Å². The minimum Gasteiger partial charge on any atom is -0.351 e. The maximum absolute atomic E-state index is 12.3. The molecule has 0 bridgehead atoms. The molecule has 0 unspecified atom stereocenters. The Morgan fingerprint density at radius 1 is 1.10 bits per heavy atom. The van der Waals surface area contributed by atoms with Gasteiger partial charge in [0.2, 0.25) is 0 Å². The Kier molecular flexibility index (Phi) is 5.97. The van der Waals surface area contributed by atoms with E-state index < -0.39 is 0 Å². The average Bonchev–Trinajstić information content (AvgIpc) is 3.42. The van der Waals surface area contributed by atoms with E-state index in [-0.39, 0.29) is 5.91 Å². The molecule has 1 aromatic carbocycles. The summed E-state index contributed by atoms with van der Waals surface area (Å²) in [5.74, 6) is -0.178. The number of carbonyl (C=O) groups excluding carboxylic acids is 1. The first-order valence-electron chi connectivity index (χ1n) is 9.13. The number of aromatic nitrogens is 4. The molecule has 146 valence electrons. The third kappa shape index (κ3) is 4.88. The highest BCUT2D eigenvalue weighted by Gasteiger charge is 2.11. The van der Waals surface area contributed by atoms with Gasteiger partial charge in [-0.25, -0.2) is 4.98 Å². The molecule has 0 saturated carbocycles. The number of aromatic amines is 1. The number of hydrogen-bond donors (Lipinski definition) is 2. The van der Waals surface area contributed by atoms with Crippen LogP contribution in [-0.2, 0) is 6.42 Å². The number of aryl methyl sites for hydroxylation is 1. The van der Waals surface area contributed by atoms with Gasteiger partial charge in [0.15, 0.2) is 0 Å². The lowest BCUT2D eigenvalue weighted by Gasteiger charge is -2.02. The molecule has 4 rings (SSSR count). The van der Waals surface area contributed by atoms with Gasteiger partial charge >= 0.3 is 0 Å². The number of pyridine rings is 1. The summed E-state index contributed by atoms with van der Waals surface area (Å²) in [6, 6.07) is 13.0. The summed E-state index contributed by atoms with van der Waals surface area (Å²) in [7, 11) is 0. The Balaban J connectivity index is 1.27. The van der Waals surface area contributed by atoms with Crippen LogP contribution in [0.4, 0.5) is 0 Å². The number of thiazole rings is 1. The second-order valence-electron chi connectivity index (χ2n) is 6.40. The van der Waals surface area contributed by atoms with E-state index in [9.17, 15) is 4.79 Å². The van der Waals surface area contributed by atoms with Crippen molar-refractivity contribution in [3.8, 4) is 22.5 Å². The predicted octanol–water partition coefficient (Wildman–Crippen LogP) is 4.61. The predicted molar refractivity (Wildman–Crippen MR) is 115 cm³/mol. The number of hydrogen-bond acceptors (Lipinski definition) is 5. The molecular weight excluding hydrogens is 406 g/mol. The van der Waals surface area contributed by atoms with Crippen molar-refractivity contribution in [2.75, 3.05) is 6.54 Å². The first-order valence-corrected chi connectivity index (χ1v) is 10.4. The number of carbonyl (C=O) groups is 1. The number of benzene rings is 1. The van der Waals surface area contributed by atoms with Crippen LogP contribution in [0, 0.1) is 0 Å². The van der Waals surface area contributed by atoms with Crippen LogP contribution in [0.15, 0.2) is 60.2 Å². The average molecular weight is 424 g/mol. The summed E-state index contributed by atoms with van der Waals surface area (Å²) in [4.78, 5) is 21.0. The molecule has 0 spiro atoms. The number of rotatable bonds is 7. The van der Waals surface area contributed by atoms with Gasteiger partial charge in [-0.05, 0) is 36.8 Å². The zero-order valence-corrected chi connectivity index (χ0v) is 17.0. The molecule has 0 saturated heterocycles. The number of halogens is 1. The van der Waals surface area contributed by atoms with Gasteiger partial charge in [0.25, 0.3) is 5.91 Å². The van der Waals surface area contributed by atoms with Crippen LogP contribution in [0.1, 0.15) is 21.9 Å². The second-order valence-corrected chi connectivity index (χ2v) is 7.78. The Morgan fingerprint density at radius 2 is 1.97 bits per heavy atom. The topological polar surface area (TPSA) is 83.6 Å². The van der Waals surface area contributed by atoms with Crippen LogP contribution in [-0.4, -0.2) is 32.6 Å². The van der Waals surface area contributed by atoms with Crippen molar-refractivity contribution in [3.05, 3.63) is 76.0 Å². The summed E-state index contributed by atoms with van der Waals surface area (Å²) in [6.07, 6.45) is 5.14. The van der Waals surface area contributed by atoms with Gasteiger partial charge in [0, 0.05) is 46.9 Å². The second kappa shape index (κ2) is 8.98. The third-order valence-corrected chi connectivity index (χ3v) is 5.47. The number of nitrogens with zero attached hydrogens (tertiary/aromatic N) is 3. The standard InChI is InChI=1S/C21H18ClN5OS/c22-16-4-1-3-15(11-16)17-12-18(27-26-17)21(28)24-8-2-5-20-25-19(13-29-20)14-6-9-23-10-7-14/h1,3-4,6-7,9-13H,2,5,8H2,(H,24,28)(H,26,27). The van der Waals surface area contributed by atoms with Crippen LogP contribution >= 0.6 is 22.9 Å². The molecule has 0 aliphatic heterocycles. The number of H-pyrrole nitrogens is 1. The number of amides is 1. The summed E-state index contributed by atoms with van der Waals surface area (Å²) in [5, 5.41) is 13.6. The van der Waals surface area contributed by atoms with Gasteiger partial charge in [-0.15, -0.1) is 11.3 Å². The lowest BCUT2D eigenvalue weighted by atomic mass is 10.1. The minimum absolute atomic E-state index is 0.178. The molecular formula is C21H18ClN5OS. The smallest absolute Gasteiger partial charge is 0.269 e. The van der Waals surface area contributed by atoms with Crippen LogP contribution in [0.3, 0.4) is 0 Å². The summed E-state index contributed by atoms with van der Waals surface area (Å²) in [5.41, 5.74) is 3.99. The summed E-state index contributed by atoms with van der Waals surface area (Å²) >= 11 is 7.64. The van der Waals surface area contributed by atoms with E-state index in [1.54, 1.807) is 35.9 Å². The van der Waals surface area contributed by atoms with E-state index in [0.29, 0.717) is 23.0 Å². The fraction of sp³-hybridized carbons (Fsp3) is 0.143. The highest BCUT2D eigenvalue weighted by atomic mass is 35.5. The largest absolute Gasteiger partial charge is 0.351 e.